The minimum absolute atomic E-state index is 0.0409. The molecule has 0 spiro atoms. The zero-order chi connectivity index (χ0) is 14.3. The molecule has 1 unspecified atom stereocenters. The largest absolute Gasteiger partial charge is 0.481 e. The van der Waals surface area contributed by atoms with Crippen molar-refractivity contribution in [1.29, 1.82) is 0 Å². The van der Waals surface area contributed by atoms with Crippen LogP contribution in [0.2, 0.25) is 0 Å². The van der Waals surface area contributed by atoms with Gasteiger partial charge in [0.25, 0.3) is 0 Å². The van der Waals surface area contributed by atoms with Crippen molar-refractivity contribution in [1.82, 2.24) is 10.3 Å². The molecule has 5 nitrogen and oxygen atoms in total. The summed E-state index contributed by atoms with van der Waals surface area (Å²) in [6, 6.07) is 3.41. The fourth-order valence-electron chi connectivity index (χ4n) is 1.92. The first-order valence-corrected chi connectivity index (χ1v) is 6.44. The Bertz CT molecular complexity index is 446. The molecule has 0 bridgehead atoms. The molecule has 0 aromatic carbocycles. The number of carbonyl (C=O) groups is 2. The van der Waals surface area contributed by atoms with Crippen LogP contribution in [0.15, 0.2) is 18.3 Å². The van der Waals surface area contributed by atoms with Gasteiger partial charge >= 0.3 is 5.97 Å². The van der Waals surface area contributed by atoms with Gasteiger partial charge in [0, 0.05) is 12.2 Å². The summed E-state index contributed by atoms with van der Waals surface area (Å²) >= 11 is 0. The van der Waals surface area contributed by atoms with E-state index in [0.717, 1.165) is 17.7 Å². The van der Waals surface area contributed by atoms with E-state index in [4.69, 9.17) is 5.11 Å². The molecule has 0 saturated heterocycles. The lowest BCUT2D eigenvalue weighted by molar-refractivity contribution is -0.137. The molecular weight excluding hydrogens is 244 g/mol. The first kappa shape index (κ1) is 15.1. The number of rotatable bonds is 7. The Balaban J connectivity index is 2.57. The third-order valence-corrected chi connectivity index (χ3v) is 2.87. The number of aromatic nitrogens is 1. The van der Waals surface area contributed by atoms with Crippen molar-refractivity contribution in [2.45, 2.75) is 45.6 Å². The van der Waals surface area contributed by atoms with Crippen LogP contribution in [0.5, 0.6) is 0 Å². The number of hydrogen-bond acceptors (Lipinski definition) is 3. The minimum atomic E-state index is -0.896. The summed E-state index contributed by atoms with van der Waals surface area (Å²) in [7, 11) is 0. The summed E-state index contributed by atoms with van der Waals surface area (Å²) in [5, 5.41) is 11.6. The Morgan fingerprint density at radius 1 is 1.47 bits per heavy atom. The number of amides is 1. The third-order valence-electron chi connectivity index (χ3n) is 2.87. The highest BCUT2D eigenvalue weighted by atomic mass is 16.4. The molecule has 1 rings (SSSR count). The lowest BCUT2D eigenvalue weighted by atomic mass is 10.1. The molecule has 1 aromatic rings. The normalized spacial score (nSPS) is 11.9. The Kier molecular flexibility index (Phi) is 5.99. The highest BCUT2D eigenvalue weighted by molar-refractivity contribution is 5.79. The second kappa shape index (κ2) is 7.51. The zero-order valence-electron chi connectivity index (χ0n) is 11.3. The maximum Gasteiger partial charge on any atom is 0.305 e. The van der Waals surface area contributed by atoms with Crippen molar-refractivity contribution >= 4 is 11.9 Å². The van der Waals surface area contributed by atoms with Crippen LogP contribution in [0, 0.1) is 6.92 Å². The molecule has 1 atom stereocenters. The van der Waals surface area contributed by atoms with Gasteiger partial charge < -0.3 is 10.4 Å². The zero-order valence-corrected chi connectivity index (χ0v) is 11.3. The predicted molar refractivity (Wildman–Crippen MR) is 71.8 cm³/mol. The number of aryl methyl sites for hydroxylation is 1. The second-order valence-corrected chi connectivity index (χ2v) is 4.59. The van der Waals surface area contributed by atoms with Gasteiger partial charge in [0.1, 0.15) is 0 Å². The van der Waals surface area contributed by atoms with E-state index in [1.165, 1.54) is 0 Å². The van der Waals surface area contributed by atoms with Crippen molar-refractivity contribution < 1.29 is 14.7 Å². The standard InChI is InChI=1S/C14H20N2O3/c1-3-5-11(8-14(18)19)16-13(17)9-12-10(2)6-4-7-15-12/h4,6-7,11H,3,5,8-9H2,1-2H3,(H,16,17)(H,18,19). The molecule has 104 valence electrons. The predicted octanol–water partition coefficient (Wildman–Crippen LogP) is 1.69. The Morgan fingerprint density at radius 2 is 2.21 bits per heavy atom. The van der Waals surface area contributed by atoms with Crippen LogP contribution in [0.1, 0.15) is 37.4 Å². The van der Waals surface area contributed by atoms with Crippen molar-refractivity contribution in [3.8, 4) is 0 Å². The van der Waals surface area contributed by atoms with E-state index >= 15 is 0 Å². The van der Waals surface area contributed by atoms with Crippen LogP contribution in [0.25, 0.3) is 0 Å². The Morgan fingerprint density at radius 3 is 2.79 bits per heavy atom. The molecule has 0 radical (unpaired) electrons. The molecule has 19 heavy (non-hydrogen) atoms. The van der Waals surface area contributed by atoms with Crippen LogP contribution in [0.4, 0.5) is 0 Å². The minimum Gasteiger partial charge on any atom is -0.481 e. The van der Waals surface area contributed by atoms with E-state index in [1.807, 2.05) is 26.0 Å². The van der Waals surface area contributed by atoms with Crippen molar-refractivity contribution in [3.63, 3.8) is 0 Å². The van der Waals surface area contributed by atoms with Gasteiger partial charge in [0.2, 0.25) is 5.91 Å². The van der Waals surface area contributed by atoms with Gasteiger partial charge in [-0.3, -0.25) is 14.6 Å². The van der Waals surface area contributed by atoms with Gasteiger partial charge in [0.05, 0.1) is 18.5 Å². The molecule has 1 amide bonds. The third kappa shape index (κ3) is 5.50. The molecule has 0 aliphatic heterocycles. The average Bonchev–Trinajstić information content (AvgIpc) is 2.31. The van der Waals surface area contributed by atoms with E-state index in [9.17, 15) is 9.59 Å². The molecule has 0 saturated carbocycles. The van der Waals surface area contributed by atoms with Crippen molar-refractivity contribution in [3.05, 3.63) is 29.6 Å². The van der Waals surface area contributed by atoms with Gasteiger partial charge in [-0.15, -0.1) is 0 Å². The number of carboxylic acids is 1. The molecule has 1 aromatic heterocycles. The maximum atomic E-state index is 11.9. The number of carbonyl (C=O) groups excluding carboxylic acids is 1. The smallest absolute Gasteiger partial charge is 0.305 e. The van der Waals surface area contributed by atoms with E-state index < -0.39 is 5.97 Å². The molecule has 0 aliphatic carbocycles. The second-order valence-electron chi connectivity index (χ2n) is 4.59. The number of nitrogens with one attached hydrogen (secondary N) is 1. The maximum absolute atomic E-state index is 11.9. The van der Waals surface area contributed by atoms with Crippen LogP contribution in [-0.4, -0.2) is 28.0 Å². The van der Waals surface area contributed by atoms with Crippen LogP contribution < -0.4 is 5.32 Å². The molecule has 0 aliphatic rings. The summed E-state index contributed by atoms with van der Waals surface area (Å²) in [4.78, 5) is 26.8. The summed E-state index contributed by atoms with van der Waals surface area (Å²) < 4.78 is 0. The molecule has 0 fully saturated rings. The van der Waals surface area contributed by atoms with Gasteiger partial charge in [-0.05, 0) is 25.0 Å². The number of pyridine rings is 1. The number of carboxylic acid groups (broad SMARTS) is 1. The topological polar surface area (TPSA) is 79.3 Å². The quantitative estimate of drug-likeness (QED) is 0.785. The molecule has 2 N–H and O–H groups in total. The summed E-state index contributed by atoms with van der Waals surface area (Å²) in [5.74, 6) is -1.07. The number of aliphatic carboxylic acids is 1. The Labute approximate surface area is 113 Å². The van der Waals surface area contributed by atoms with Gasteiger partial charge in [-0.2, -0.15) is 0 Å². The lowest BCUT2D eigenvalue weighted by Crippen LogP contribution is -2.37. The SMILES string of the molecule is CCCC(CC(=O)O)NC(=O)Cc1ncccc1C. The van der Waals surface area contributed by atoms with Gasteiger partial charge in [-0.1, -0.05) is 19.4 Å². The fraction of sp³-hybridized carbons (Fsp3) is 0.500. The molecule has 5 heteroatoms. The number of nitrogens with zero attached hydrogens (tertiary/aromatic N) is 1. The van der Waals surface area contributed by atoms with Gasteiger partial charge in [-0.25, -0.2) is 0 Å². The highest BCUT2D eigenvalue weighted by Crippen LogP contribution is 2.06. The number of hydrogen-bond donors (Lipinski definition) is 2. The molecular formula is C14H20N2O3. The van der Waals surface area contributed by atoms with E-state index in [-0.39, 0.29) is 24.8 Å². The molecule has 1 heterocycles. The van der Waals surface area contributed by atoms with Crippen molar-refractivity contribution in [2.75, 3.05) is 0 Å². The van der Waals surface area contributed by atoms with Crippen LogP contribution in [0.3, 0.4) is 0 Å². The first-order chi connectivity index (χ1) is 9.02. The van der Waals surface area contributed by atoms with Gasteiger partial charge in [0.15, 0.2) is 0 Å². The summed E-state index contributed by atoms with van der Waals surface area (Å²) in [5.41, 5.74) is 1.69. The van der Waals surface area contributed by atoms with Crippen LogP contribution in [-0.2, 0) is 16.0 Å². The monoisotopic (exact) mass is 264 g/mol. The lowest BCUT2D eigenvalue weighted by Gasteiger charge is -2.16. The first-order valence-electron chi connectivity index (χ1n) is 6.44. The van der Waals surface area contributed by atoms with E-state index in [1.54, 1.807) is 6.20 Å². The fourth-order valence-corrected chi connectivity index (χ4v) is 1.92. The van der Waals surface area contributed by atoms with E-state index in [0.29, 0.717) is 6.42 Å². The van der Waals surface area contributed by atoms with Crippen LogP contribution >= 0.6 is 0 Å². The summed E-state index contributed by atoms with van der Waals surface area (Å²) in [6.07, 6.45) is 3.30. The van der Waals surface area contributed by atoms with Crippen molar-refractivity contribution in [2.24, 2.45) is 0 Å². The van der Waals surface area contributed by atoms with E-state index in [2.05, 4.69) is 10.3 Å². The Hall–Kier alpha value is -1.91. The average molecular weight is 264 g/mol. The summed E-state index contributed by atoms with van der Waals surface area (Å²) in [6.45, 7) is 3.86. The highest BCUT2D eigenvalue weighted by Gasteiger charge is 2.16.